The van der Waals surface area contributed by atoms with Gasteiger partial charge in [0.05, 0.1) is 12.7 Å². The van der Waals surface area contributed by atoms with E-state index in [1.165, 1.54) is 13.8 Å². The Labute approximate surface area is 148 Å². The van der Waals surface area contributed by atoms with Crippen LogP contribution >= 0.6 is 0 Å². The maximum atomic E-state index is 13.6. The molecule has 0 spiro atoms. The third kappa shape index (κ3) is 3.87. The van der Waals surface area contributed by atoms with Crippen LogP contribution in [0.25, 0.3) is 0 Å². The molecule has 0 bridgehead atoms. The van der Waals surface area contributed by atoms with E-state index in [-0.39, 0.29) is 0 Å². The molecule has 1 rings (SSSR count). The Balaban J connectivity index is 3.12. The van der Waals surface area contributed by atoms with Gasteiger partial charge in [0.2, 0.25) is 0 Å². The van der Waals surface area contributed by atoms with Gasteiger partial charge in [-0.2, -0.15) is 57.1 Å². The summed E-state index contributed by atoms with van der Waals surface area (Å²) < 4.78 is 178. The summed E-state index contributed by atoms with van der Waals surface area (Å²) in [4.78, 5) is 0. The molecule has 0 N–H and O–H groups in total. The van der Waals surface area contributed by atoms with Gasteiger partial charge in [0.25, 0.3) is 0 Å². The van der Waals surface area contributed by atoms with Gasteiger partial charge in [-0.05, 0) is 20.3 Å². The highest BCUT2D eigenvalue weighted by Gasteiger charge is 2.90. The van der Waals surface area contributed by atoms with Gasteiger partial charge in [0.1, 0.15) is 0 Å². The van der Waals surface area contributed by atoms with Crippen molar-refractivity contribution in [3.8, 4) is 0 Å². The predicted octanol–water partition coefficient (Wildman–Crippen LogP) is 5.66. The predicted molar refractivity (Wildman–Crippen MR) is 64.9 cm³/mol. The van der Waals surface area contributed by atoms with E-state index in [0.717, 1.165) is 0 Å². The number of hydrogen-bond acceptors (Lipinski definition) is 2. The molecule has 0 aliphatic carbocycles. The molecule has 1 fully saturated rings. The van der Waals surface area contributed by atoms with Crippen LogP contribution in [-0.2, 0) is 9.47 Å². The van der Waals surface area contributed by atoms with Crippen LogP contribution in [0, 0.1) is 0 Å². The monoisotopic (exact) mass is 448 g/mol. The van der Waals surface area contributed by atoms with Crippen LogP contribution in [0.3, 0.4) is 0 Å². The quantitative estimate of drug-likeness (QED) is 0.469. The number of halogens is 13. The minimum atomic E-state index is -7.87. The van der Waals surface area contributed by atoms with E-state index in [4.69, 9.17) is 9.47 Å². The van der Waals surface area contributed by atoms with Gasteiger partial charge in [-0.3, -0.25) is 0 Å². The lowest BCUT2D eigenvalue weighted by molar-refractivity contribution is -0.440. The first-order valence-electron chi connectivity index (χ1n) is 7.31. The summed E-state index contributed by atoms with van der Waals surface area (Å²) in [6, 6.07) is 0. The summed E-state index contributed by atoms with van der Waals surface area (Å²) in [7, 11) is 0. The molecule has 1 saturated heterocycles. The normalized spacial score (nSPS) is 22.6. The van der Waals surface area contributed by atoms with Crippen LogP contribution in [0.5, 0.6) is 0 Å². The fourth-order valence-electron chi connectivity index (χ4n) is 2.21. The standard InChI is InChI=1S/C13H13F13O2/c1-7(2)27-5-6(28-7)3-4-8(14,15)9(16,17)10(18,19)11(20,21)12(22,23)13(24,25)26/h6H,3-5H2,1-2H3. The largest absolute Gasteiger partial charge is 0.460 e. The van der Waals surface area contributed by atoms with E-state index < -0.39 is 67.1 Å². The molecule has 0 radical (unpaired) electrons. The second kappa shape index (κ2) is 6.77. The van der Waals surface area contributed by atoms with Crippen LogP contribution in [0.15, 0.2) is 0 Å². The molecule has 0 aromatic heterocycles. The van der Waals surface area contributed by atoms with Gasteiger partial charge in [-0.25, -0.2) is 0 Å². The Hall–Kier alpha value is -0.990. The van der Waals surface area contributed by atoms with Gasteiger partial charge < -0.3 is 9.47 Å². The highest BCUT2D eigenvalue weighted by atomic mass is 19.4. The van der Waals surface area contributed by atoms with Gasteiger partial charge in [-0.15, -0.1) is 0 Å². The summed E-state index contributed by atoms with van der Waals surface area (Å²) in [5, 5.41) is 0. The number of ether oxygens (including phenoxy) is 2. The maximum absolute atomic E-state index is 13.6. The highest BCUT2D eigenvalue weighted by Crippen LogP contribution is 2.60. The van der Waals surface area contributed by atoms with Gasteiger partial charge in [-0.1, -0.05) is 0 Å². The molecule has 1 atom stereocenters. The first kappa shape index (κ1) is 25.0. The summed E-state index contributed by atoms with van der Waals surface area (Å²) in [6.45, 7) is 2.08. The van der Waals surface area contributed by atoms with Crippen molar-refractivity contribution in [2.45, 2.75) is 74.4 Å². The van der Waals surface area contributed by atoms with E-state index >= 15 is 0 Å². The highest BCUT2D eigenvalue weighted by molar-refractivity contribution is 5.10. The van der Waals surface area contributed by atoms with Crippen molar-refractivity contribution in [1.82, 2.24) is 0 Å². The zero-order valence-corrected chi connectivity index (χ0v) is 13.9. The molecule has 0 amide bonds. The first-order valence-corrected chi connectivity index (χ1v) is 7.31. The van der Waals surface area contributed by atoms with Crippen LogP contribution in [-0.4, -0.2) is 54.3 Å². The summed E-state index contributed by atoms with van der Waals surface area (Å²) >= 11 is 0. The lowest BCUT2D eigenvalue weighted by atomic mass is 9.91. The topological polar surface area (TPSA) is 18.5 Å². The van der Waals surface area contributed by atoms with Crippen molar-refractivity contribution >= 4 is 0 Å². The fourth-order valence-corrected chi connectivity index (χ4v) is 2.21. The summed E-state index contributed by atoms with van der Waals surface area (Å²) in [5.41, 5.74) is 0. The lowest BCUT2D eigenvalue weighted by Gasteiger charge is -2.39. The first-order chi connectivity index (χ1) is 12.0. The van der Waals surface area contributed by atoms with Crippen molar-refractivity contribution in [2.24, 2.45) is 0 Å². The molecule has 0 saturated carbocycles. The molecule has 28 heavy (non-hydrogen) atoms. The zero-order chi connectivity index (χ0) is 22.6. The van der Waals surface area contributed by atoms with Crippen LogP contribution in [0.1, 0.15) is 26.7 Å². The van der Waals surface area contributed by atoms with E-state index in [9.17, 15) is 57.1 Å². The molecule has 168 valence electrons. The van der Waals surface area contributed by atoms with Crippen molar-refractivity contribution in [3.05, 3.63) is 0 Å². The molecular formula is C13H13F13O2. The molecule has 1 aliphatic rings. The van der Waals surface area contributed by atoms with E-state index in [0.29, 0.717) is 0 Å². The van der Waals surface area contributed by atoms with Crippen molar-refractivity contribution in [1.29, 1.82) is 0 Å². The third-order valence-electron chi connectivity index (χ3n) is 3.85. The SMILES string of the molecule is CC1(C)OCC(CCC(F)(F)C(F)(F)C(F)(F)C(F)(F)C(F)(F)C(F)(F)F)O1. The molecule has 1 aliphatic heterocycles. The zero-order valence-electron chi connectivity index (χ0n) is 13.9. The van der Waals surface area contributed by atoms with Gasteiger partial charge >= 0.3 is 35.8 Å². The Morgan fingerprint density at radius 2 is 1.14 bits per heavy atom. The molecule has 2 nitrogen and oxygen atoms in total. The Morgan fingerprint density at radius 1 is 0.714 bits per heavy atom. The minimum absolute atomic E-state index is 0.465. The summed E-state index contributed by atoms with van der Waals surface area (Å²) in [5.74, 6) is -38.0. The summed E-state index contributed by atoms with van der Waals surface area (Å²) in [6.07, 6.45) is -12.2. The molecule has 0 aromatic carbocycles. The number of rotatable bonds is 7. The third-order valence-corrected chi connectivity index (χ3v) is 3.85. The molecule has 0 aromatic rings. The average molecular weight is 448 g/mol. The van der Waals surface area contributed by atoms with Gasteiger partial charge in [0, 0.05) is 6.42 Å². The smallest absolute Gasteiger partial charge is 0.348 e. The van der Waals surface area contributed by atoms with E-state index in [2.05, 4.69) is 0 Å². The second-order valence-corrected chi connectivity index (χ2v) is 6.49. The molecular weight excluding hydrogens is 435 g/mol. The molecule has 1 unspecified atom stereocenters. The van der Waals surface area contributed by atoms with Crippen LogP contribution < -0.4 is 0 Å². The Morgan fingerprint density at radius 3 is 1.50 bits per heavy atom. The molecule has 15 heteroatoms. The Kier molecular flexibility index (Phi) is 6.06. The minimum Gasteiger partial charge on any atom is -0.348 e. The second-order valence-electron chi connectivity index (χ2n) is 6.49. The lowest BCUT2D eigenvalue weighted by Crippen LogP contribution is -2.70. The Bertz CT molecular complexity index is 567. The number of hydrogen-bond donors (Lipinski definition) is 0. The van der Waals surface area contributed by atoms with Crippen molar-refractivity contribution < 1.29 is 66.5 Å². The number of alkyl halides is 13. The fraction of sp³-hybridized carbons (Fsp3) is 1.00. The van der Waals surface area contributed by atoms with Crippen LogP contribution in [0.4, 0.5) is 57.1 Å². The van der Waals surface area contributed by atoms with E-state index in [1.807, 2.05) is 0 Å². The van der Waals surface area contributed by atoms with Gasteiger partial charge in [0.15, 0.2) is 5.79 Å². The average Bonchev–Trinajstić information content (AvgIpc) is 2.82. The van der Waals surface area contributed by atoms with Crippen molar-refractivity contribution in [3.63, 3.8) is 0 Å². The van der Waals surface area contributed by atoms with Crippen molar-refractivity contribution in [2.75, 3.05) is 6.61 Å². The molecule has 1 heterocycles. The van der Waals surface area contributed by atoms with E-state index in [1.54, 1.807) is 0 Å². The maximum Gasteiger partial charge on any atom is 0.460 e. The van der Waals surface area contributed by atoms with Crippen LogP contribution in [0.2, 0.25) is 0 Å².